The Hall–Kier alpha value is -5.66. The van der Waals surface area contributed by atoms with Crippen LogP contribution in [0.1, 0.15) is 11.1 Å². The molecule has 0 bridgehead atoms. The second-order valence-corrected chi connectivity index (χ2v) is 13.3. The van der Waals surface area contributed by atoms with Crippen LogP contribution in [0.5, 0.6) is 0 Å². The number of para-hydroxylation sites is 2. The van der Waals surface area contributed by atoms with Gasteiger partial charge in [0.15, 0.2) is 0 Å². The number of pyridine rings is 1. The van der Waals surface area contributed by atoms with Crippen LogP contribution in [0.15, 0.2) is 164 Å². The summed E-state index contributed by atoms with van der Waals surface area (Å²) in [6.07, 6.45) is -2.67. The van der Waals surface area contributed by atoms with Crippen molar-refractivity contribution in [3.8, 4) is 50.6 Å². The minimum Gasteiger partial charge on any atom is -0.332 e. The number of fused-ring (bicyclic) bond motifs is 2. The Morgan fingerprint density at radius 1 is 0.685 bits per heavy atom. The Morgan fingerprint density at radius 2 is 1.33 bits per heavy atom. The van der Waals surface area contributed by atoms with Gasteiger partial charge in [-0.25, -0.2) is 0 Å². The zero-order chi connectivity index (χ0) is 36.4. The molecule has 8 heteroatoms. The van der Waals surface area contributed by atoms with Gasteiger partial charge in [-0.3, -0.25) is 16.3 Å². The van der Waals surface area contributed by atoms with E-state index in [1.165, 1.54) is 23.5 Å². The zero-order valence-electron chi connectivity index (χ0n) is 28.8. The van der Waals surface area contributed by atoms with Gasteiger partial charge in [-0.1, -0.05) is 119 Å². The van der Waals surface area contributed by atoms with Crippen LogP contribution in [0.4, 0.5) is 13.2 Å². The molecule has 0 aliphatic heterocycles. The number of hydrogen-bond donors (Lipinski definition) is 0. The SMILES string of the molecule is Cc1cc(-c2ccccc2)c(-n2c(-c3[c-]sc4ccc(C(F)(F)F)cc34)nc3ccccc32)c(-c2ccccc2)c1.[Ir].[c-]1ccccc1-c1ccccn1. The number of thiophene rings is 1. The topological polar surface area (TPSA) is 30.7 Å². The molecule has 3 nitrogen and oxygen atoms in total. The van der Waals surface area contributed by atoms with Gasteiger partial charge >= 0.3 is 6.18 Å². The summed E-state index contributed by atoms with van der Waals surface area (Å²) >= 11 is 1.30. The van der Waals surface area contributed by atoms with Gasteiger partial charge in [0, 0.05) is 43.0 Å². The van der Waals surface area contributed by atoms with E-state index in [0.29, 0.717) is 16.8 Å². The third-order valence-corrected chi connectivity index (χ3v) is 9.80. The standard InChI is InChI=1S/C35H22F3N2S.C11H8N.Ir/c1-22-18-26(23-10-4-2-5-11-23)33(27(19-22)24-12-6-3-7-13-24)40-31-15-9-8-14-30(31)39-34(40)29-21-41-32-17-16-25(20-28(29)32)35(36,37)38;1-2-6-10(7-3-1)11-8-4-5-9-12-11;/h2-20H,1H3;1-6,8-9H;/q2*-1;. The van der Waals surface area contributed by atoms with E-state index >= 15 is 0 Å². The molecule has 0 atom stereocenters. The molecule has 0 spiro atoms. The van der Waals surface area contributed by atoms with Crippen molar-refractivity contribution < 1.29 is 33.3 Å². The van der Waals surface area contributed by atoms with Crippen molar-refractivity contribution in [1.29, 1.82) is 0 Å². The molecule has 1 radical (unpaired) electrons. The first-order valence-electron chi connectivity index (χ1n) is 17.0. The molecule has 9 rings (SSSR count). The summed E-state index contributed by atoms with van der Waals surface area (Å²) in [5.41, 5.74) is 9.57. The molecule has 0 unspecified atom stereocenters. The van der Waals surface area contributed by atoms with Crippen molar-refractivity contribution in [2.24, 2.45) is 0 Å². The molecule has 0 saturated heterocycles. The second kappa shape index (κ2) is 15.7. The van der Waals surface area contributed by atoms with E-state index < -0.39 is 11.7 Å². The Morgan fingerprint density at radius 3 is 1.96 bits per heavy atom. The van der Waals surface area contributed by atoms with Gasteiger partial charge < -0.3 is 9.55 Å². The predicted octanol–water partition coefficient (Wildman–Crippen LogP) is 12.9. The van der Waals surface area contributed by atoms with Crippen LogP contribution in [-0.2, 0) is 26.3 Å². The number of aryl methyl sites for hydroxylation is 1. The van der Waals surface area contributed by atoms with E-state index in [0.717, 1.165) is 66.6 Å². The molecule has 0 N–H and O–H groups in total. The van der Waals surface area contributed by atoms with Gasteiger partial charge in [0.1, 0.15) is 0 Å². The fraction of sp³-hybridized carbons (Fsp3) is 0.0435. The smallest absolute Gasteiger partial charge is 0.332 e. The van der Waals surface area contributed by atoms with Gasteiger partial charge in [-0.2, -0.15) is 13.2 Å². The van der Waals surface area contributed by atoms with Crippen molar-refractivity contribution in [1.82, 2.24) is 14.5 Å². The molecule has 0 aliphatic rings. The van der Waals surface area contributed by atoms with Crippen molar-refractivity contribution in [3.05, 3.63) is 186 Å². The number of halogens is 3. The summed E-state index contributed by atoms with van der Waals surface area (Å²) in [7, 11) is 0. The van der Waals surface area contributed by atoms with Crippen molar-refractivity contribution in [3.63, 3.8) is 0 Å². The summed E-state index contributed by atoms with van der Waals surface area (Å²) in [4.78, 5) is 9.24. The Balaban J connectivity index is 0.000000294. The Labute approximate surface area is 328 Å². The zero-order valence-corrected chi connectivity index (χ0v) is 32.0. The summed E-state index contributed by atoms with van der Waals surface area (Å²) in [5, 5.41) is 3.78. The van der Waals surface area contributed by atoms with E-state index in [9.17, 15) is 13.2 Å². The summed E-state index contributed by atoms with van der Waals surface area (Å²) < 4.78 is 44.1. The number of alkyl halides is 3. The number of benzene rings is 6. The van der Waals surface area contributed by atoms with Crippen LogP contribution in [0, 0.1) is 18.4 Å². The Kier molecular flexibility index (Phi) is 10.7. The molecule has 54 heavy (non-hydrogen) atoms. The molecule has 6 aromatic carbocycles. The first kappa shape index (κ1) is 36.7. The number of imidazole rings is 1. The fourth-order valence-electron chi connectivity index (χ4n) is 6.51. The quantitative estimate of drug-likeness (QED) is 0.161. The van der Waals surface area contributed by atoms with Crippen LogP contribution in [0.25, 0.3) is 71.7 Å². The minimum atomic E-state index is -4.45. The van der Waals surface area contributed by atoms with Gasteiger partial charge in [0.05, 0.1) is 22.5 Å². The van der Waals surface area contributed by atoms with Gasteiger partial charge in [-0.15, -0.1) is 41.3 Å². The molecular formula is C46H30F3IrN3S-2. The van der Waals surface area contributed by atoms with E-state index in [2.05, 4.69) is 64.3 Å². The first-order valence-corrected chi connectivity index (χ1v) is 17.8. The molecular weight excluding hydrogens is 876 g/mol. The van der Waals surface area contributed by atoms with Crippen LogP contribution in [0.3, 0.4) is 0 Å². The fourth-order valence-corrected chi connectivity index (χ4v) is 7.33. The molecule has 3 aromatic heterocycles. The van der Waals surface area contributed by atoms with E-state index in [1.807, 2.05) is 103 Å². The van der Waals surface area contributed by atoms with Crippen LogP contribution in [-0.4, -0.2) is 14.5 Å². The average Bonchev–Trinajstić information content (AvgIpc) is 3.80. The maximum Gasteiger partial charge on any atom is 0.415 e. The average molecular weight is 906 g/mol. The largest absolute Gasteiger partial charge is 0.415 e. The van der Waals surface area contributed by atoms with Crippen LogP contribution >= 0.6 is 11.3 Å². The maximum absolute atomic E-state index is 13.8. The molecule has 0 aliphatic carbocycles. The Bertz CT molecular complexity index is 2560. The summed E-state index contributed by atoms with van der Waals surface area (Å²) in [5.74, 6) is 0.551. The van der Waals surface area contributed by atoms with Gasteiger partial charge in [-0.05, 0) is 59.6 Å². The molecule has 0 fully saturated rings. The van der Waals surface area contributed by atoms with Gasteiger partial charge in [0.2, 0.25) is 0 Å². The normalized spacial score (nSPS) is 11.2. The molecule has 0 saturated carbocycles. The summed E-state index contributed by atoms with van der Waals surface area (Å²) in [6.45, 7) is 2.08. The molecule has 9 aromatic rings. The third kappa shape index (κ3) is 7.42. The monoisotopic (exact) mass is 906 g/mol. The number of hydrogen-bond acceptors (Lipinski definition) is 3. The van der Waals surface area contributed by atoms with Crippen molar-refractivity contribution in [2.75, 3.05) is 0 Å². The van der Waals surface area contributed by atoms with Crippen LogP contribution < -0.4 is 0 Å². The number of nitrogens with zero attached hydrogens (tertiary/aromatic N) is 3. The number of rotatable bonds is 5. The summed E-state index contributed by atoms with van der Waals surface area (Å²) in [6, 6.07) is 53.1. The van der Waals surface area contributed by atoms with E-state index in [-0.39, 0.29) is 20.1 Å². The van der Waals surface area contributed by atoms with Crippen molar-refractivity contribution in [2.45, 2.75) is 13.1 Å². The minimum absolute atomic E-state index is 0. The van der Waals surface area contributed by atoms with Crippen LogP contribution in [0.2, 0.25) is 0 Å². The predicted molar refractivity (Wildman–Crippen MR) is 210 cm³/mol. The van der Waals surface area contributed by atoms with E-state index in [1.54, 1.807) is 6.20 Å². The molecule has 267 valence electrons. The molecule has 0 amide bonds. The van der Waals surface area contributed by atoms with Gasteiger partial charge in [0.25, 0.3) is 0 Å². The number of aromatic nitrogens is 3. The second-order valence-electron chi connectivity index (χ2n) is 12.5. The van der Waals surface area contributed by atoms with E-state index in [4.69, 9.17) is 4.98 Å². The first-order chi connectivity index (χ1) is 25.8. The molecule has 3 heterocycles. The third-order valence-electron chi connectivity index (χ3n) is 8.92. The van der Waals surface area contributed by atoms with Crippen molar-refractivity contribution >= 4 is 32.5 Å². The maximum atomic E-state index is 13.8.